The molecule has 0 aromatic heterocycles. The molecular formula is C27H20O3. The first-order valence-corrected chi connectivity index (χ1v) is 9.84. The maximum absolute atomic E-state index is 11.8. The zero-order valence-electron chi connectivity index (χ0n) is 16.4. The molecule has 0 atom stereocenters. The molecule has 0 bridgehead atoms. The molecule has 0 saturated heterocycles. The normalized spacial score (nSPS) is 11.9. The summed E-state index contributed by atoms with van der Waals surface area (Å²) >= 11 is 0. The van der Waals surface area contributed by atoms with E-state index in [9.17, 15) is 14.4 Å². The molecule has 0 unspecified atom stereocenters. The number of Topliss-reactive ketones (excluding diaryl/α,β-unsaturated/α-hetero) is 3. The summed E-state index contributed by atoms with van der Waals surface area (Å²) in [6.45, 7) is 0. The molecule has 1 aliphatic carbocycles. The Labute approximate surface area is 175 Å². The molecule has 1 aliphatic rings. The van der Waals surface area contributed by atoms with Gasteiger partial charge in [0.05, 0.1) is 0 Å². The van der Waals surface area contributed by atoms with Crippen molar-refractivity contribution in [1.82, 2.24) is 0 Å². The lowest BCUT2D eigenvalue weighted by Crippen LogP contribution is -2.06. The molecule has 5 rings (SSSR count). The van der Waals surface area contributed by atoms with E-state index in [-0.39, 0.29) is 17.3 Å². The topological polar surface area (TPSA) is 51.2 Å². The van der Waals surface area contributed by atoms with Crippen molar-refractivity contribution in [3.63, 3.8) is 0 Å². The smallest absolute Gasteiger partial charge is 0.234 e. The first kappa shape index (κ1) is 19.5. The summed E-state index contributed by atoms with van der Waals surface area (Å²) in [5, 5.41) is 1.77. The van der Waals surface area contributed by atoms with Gasteiger partial charge in [0.15, 0.2) is 0 Å². The largest absolute Gasteiger partial charge is 0.299 e. The molecule has 0 amide bonds. The van der Waals surface area contributed by atoms with Crippen LogP contribution in [0.15, 0.2) is 97.1 Å². The van der Waals surface area contributed by atoms with Gasteiger partial charge in [0.2, 0.25) is 11.6 Å². The lowest BCUT2D eigenvalue weighted by Gasteiger charge is -2.01. The van der Waals surface area contributed by atoms with Crippen molar-refractivity contribution in [2.24, 2.45) is 0 Å². The molecule has 0 N–H and O–H groups in total. The van der Waals surface area contributed by atoms with Crippen LogP contribution in [-0.2, 0) is 17.6 Å². The van der Waals surface area contributed by atoms with Crippen molar-refractivity contribution < 1.29 is 14.4 Å². The number of rotatable bonds is 4. The standard InChI is InChI=1S/C15H14O.C12H6O2/c16-15(11-13-7-3-1-4-8-13)12-14-9-5-2-6-10-14;13-11-8-5-1-3-7-4-2-6-9(10(7)8)12(11)14/h1-10H,11-12H2;1-6H. The summed E-state index contributed by atoms with van der Waals surface area (Å²) in [5.41, 5.74) is 3.26. The third kappa shape index (κ3) is 4.11. The molecule has 146 valence electrons. The number of carbonyl (C=O) groups excluding carboxylic acids is 3. The second kappa shape index (κ2) is 8.66. The van der Waals surface area contributed by atoms with Gasteiger partial charge in [-0.05, 0) is 16.5 Å². The number of carbonyl (C=O) groups is 3. The zero-order chi connectivity index (χ0) is 20.9. The molecule has 0 saturated carbocycles. The van der Waals surface area contributed by atoms with Crippen LogP contribution in [0.1, 0.15) is 31.8 Å². The highest BCUT2D eigenvalue weighted by atomic mass is 16.2. The van der Waals surface area contributed by atoms with Gasteiger partial charge in [-0.3, -0.25) is 14.4 Å². The molecule has 0 fully saturated rings. The summed E-state index contributed by atoms with van der Waals surface area (Å²) in [7, 11) is 0. The van der Waals surface area contributed by atoms with Crippen LogP contribution >= 0.6 is 0 Å². The Kier molecular flexibility index (Phi) is 5.62. The van der Waals surface area contributed by atoms with E-state index in [4.69, 9.17) is 0 Å². The molecule has 30 heavy (non-hydrogen) atoms. The Morgan fingerprint density at radius 1 is 0.533 bits per heavy atom. The molecular weight excluding hydrogens is 372 g/mol. The fraction of sp³-hybridized carbons (Fsp3) is 0.0741. The first-order chi connectivity index (χ1) is 14.6. The fourth-order valence-electron chi connectivity index (χ4n) is 3.67. The monoisotopic (exact) mass is 392 g/mol. The predicted molar refractivity (Wildman–Crippen MR) is 118 cm³/mol. The summed E-state index contributed by atoms with van der Waals surface area (Å²) in [6, 6.07) is 30.6. The SMILES string of the molecule is O=C(Cc1ccccc1)Cc1ccccc1.O=C1C(=O)c2cccc3cccc1c23. The average Bonchev–Trinajstić information content (AvgIpc) is 3.03. The van der Waals surface area contributed by atoms with Crippen LogP contribution in [0.2, 0.25) is 0 Å². The van der Waals surface area contributed by atoms with E-state index in [1.54, 1.807) is 24.3 Å². The third-order valence-corrected chi connectivity index (χ3v) is 5.09. The van der Waals surface area contributed by atoms with Crippen molar-refractivity contribution in [3.05, 3.63) is 119 Å². The average molecular weight is 392 g/mol. The summed E-state index contributed by atoms with van der Waals surface area (Å²) in [5.74, 6) is -0.494. The van der Waals surface area contributed by atoms with E-state index in [1.807, 2.05) is 72.8 Å². The van der Waals surface area contributed by atoms with E-state index in [0.29, 0.717) is 24.0 Å². The van der Waals surface area contributed by atoms with Gasteiger partial charge in [-0.1, -0.05) is 97.1 Å². The van der Waals surface area contributed by atoms with Crippen LogP contribution in [0.4, 0.5) is 0 Å². The number of hydrogen-bond donors (Lipinski definition) is 0. The van der Waals surface area contributed by atoms with Crippen molar-refractivity contribution in [1.29, 1.82) is 0 Å². The summed E-state index contributed by atoms with van der Waals surface area (Å²) in [4.78, 5) is 34.8. The molecule has 3 heteroatoms. The molecule has 0 spiro atoms. The van der Waals surface area contributed by atoms with Crippen molar-refractivity contribution in [3.8, 4) is 0 Å². The molecule has 0 aliphatic heterocycles. The maximum atomic E-state index is 11.8. The van der Waals surface area contributed by atoms with Gasteiger partial charge in [0.25, 0.3) is 0 Å². The summed E-state index contributed by atoms with van der Waals surface area (Å²) < 4.78 is 0. The van der Waals surface area contributed by atoms with Crippen LogP contribution in [0, 0.1) is 0 Å². The van der Waals surface area contributed by atoms with Crippen LogP contribution in [0.5, 0.6) is 0 Å². The van der Waals surface area contributed by atoms with E-state index in [0.717, 1.165) is 21.9 Å². The molecule has 0 radical (unpaired) electrons. The van der Waals surface area contributed by atoms with E-state index in [2.05, 4.69) is 0 Å². The molecule has 3 nitrogen and oxygen atoms in total. The Morgan fingerprint density at radius 3 is 1.40 bits per heavy atom. The minimum atomic E-state index is -0.378. The number of ketones is 3. The minimum Gasteiger partial charge on any atom is -0.299 e. The van der Waals surface area contributed by atoms with E-state index >= 15 is 0 Å². The van der Waals surface area contributed by atoms with Crippen molar-refractivity contribution >= 4 is 28.1 Å². The molecule has 0 heterocycles. The minimum absolute atomic E-state index is 0.261. The van der Waals surface area contributed by atoms with E-state index < -0.39 is 0 Å². The number of benzene rings is 4. The highest BCUT2D eigenvalue weighted by molar-refractivity contribution is 6.57. The van der Waals surface area contributed by atoms with Crippen molar-refractivity contribution in [2.75, 3.05) is 0 Å². The maximum Gasteiger partial charge on any atom is 0.234 e. The van der Waals surface area contributed by atoms with Gasteiger partial charge in [0, 0.05) is 29.4 Å². The predicted octanol–water partition coefficient (Wildman–Crippen LogP) is 5.26. The number of hydrogen-bond acceptors (Lipinski definition) is 3. The van der Waals surface area contributed by atoms with Crippen LogP contribution in [0.3, 0.4) is 0 Å². The van der Waals surface area contributed by atoms with Gasteiger partial charge in [-0.2, -0.15) is 0 Å². The van der Waals surface area contributed by atoms with Crippen LogP contribution in [0.25, 0.3) is 10.8 Å². The Balaban J connectivity index is 0.000000146. The highest BCUT2D eigenvalue weighted by Crippen LogP contribution is 2.30. The van der Waals surface area contributed by atoms with Crippen molar-refractivity contribution in [2.45, 2.75) is 12.8 Å². The Hall–Kier alpha value is -3.85. The highest BCUT2D eigenvalue weighted by Gasteiger charge is 2.29. The van der Waals surface area contributed by atoms with Gasteiger partial charge < -0.3 is 0 Å². The Bertz CT molecular complexity index is 1130. The van der Waals surface area contributed by atoms with Gasteiger partial charge in [-0.15, -0.1) is 0 Å². The zero-order valence-corrected chi connectivity index (χ0v) is 16.4. The first-order valence-electron chi connectivity index (χ1n) is 9.84. The fourth-order valence-corrected chi connectivity index (χ4v) is 3.67. The van der Waals surface area contributed by atoms with Crippen LogP contribution in [-0.4, -0.2) is 17.3 Å². The third-order valence-electron chi connectivity index (χ3n) is 5.09. The quantitative estimate of drug-likeness (QED) is 0.445. The second-order valence-electron chi connectivity index (χ2n) is 7.23. The van der Waals surface area contributed by atoms with Gasteiger partial charge in [-0.25, -0.2) is 0 Å². The molecule has 4 aromatic carbocycles. The van der Waals surface area contributed by atoms with E-state index in [1.165, 1.54) is 0 Å². The summed E-state index contributed by atoms with van der Waals surface area (Å²) in [6.07, 6.45) is 1.05. The lowest BCUT2D eigenvalue weighted by molar-refractivity contribution is -0.117. The lowest BCUT2D eigenvalue weighted by atomic mass is 10.0. The van der Waals surface area contributed by atoms with Gasteiger partial charge in [0.1, 0.15) is 5.78 Å². The molecule has 4 aromatic rings. The van der Waals surface area contributed by atoms with Gasteiger partial charge >= 0.3 is 0 Å². The second-order valence-corrected chi connectivity index (χ2v) is 7.23. The van der Waals surface area contributed by atoms with Crippen LogP contribution < -0.4 is 0 Å². The Morgan fingerprint density at radius 2 is 0.967 bits per heavy atom.